The van der Waals surface area contributed by atoms with Gasteiger partial charge in [0.05, 0.1) is 42.6 Å². The number of anilines is 1. The van der Waals surface area contributed by atoms with Crippen molar-refractivity contribution in [1.29, 1.82) is 0 Å². The molecule has 51 heavy (non-hydrogen) atoms. The molecule has 248 valence electrons. The van der Waals surface area contributed by atoms with Crippen LogP contribution in [0.5, 0.6) is 11.5 Å². The van der Waals surface area contributed by atoms with E-state index in [1.54, 1.807) is 14.2 Å². The van der Waals surface area contributed by atoms with Crippen LogP contribution >= 0.6 is 0 Å². The van der Waals surface area contributed by atoms with E-state index in [0.29, 0.717) is 28.3 Å². The quantitative estimate of drug-likeness (QED) is 0.161. The molecule has 2 fully saturated rings. The lowest BCUT2D eigenvalue weighted by Gasteiger charge is -2.39. The average Bonchev–Trinajstić information content (AvgIpc) is 3.70. The van der Waals surface area contributed by atoms with Gasteiger partial charge in [0.25, 0.3) is 0 Å². The Balaban J connectivity index is 1.44. The Bertz CT molecular complexity index is 2270. The molecule has 2 amide bonds. The molecular formula is C45H33NO5. The van der Waals surface area contributed by atoms with Gasteiger partial charge in [-0.25, -0.2) is 4.90 Å². The van der Waals surface area contributed by atoms with Crippen molar-refractivity contribution in [3.63, 3.8) is 0 Å². The normalized spacial score (nSPS) is 23.6. The van der Waals surface area contributed by atoms with Crippen LogP contribution in [0.15, 0.2) is 152 Å². The fourth-order valence-corrected chi connectivity index (χ4v) is 9.28. The lowest BCUT2D eigenvalue weighted by molar-refractivity contribution is -0.130. The van der Waals surface area contributed by atoms with Crippen molar-refractivity contribution in [2.24, 2.45) is 11.8 Å². The second kappa shape index (κ2) is 11.4. The number of amides is 2. The molecule has 1 saturated heterocycles. The predicted octanol–water partition coefficient (Wildman–Crippen LogP) is 8.05. The molecule has 2 aliphatic carbocycles. The van der Waals surface area contributed by atoms with Crippen molar-refractivity contribution in [2.75, 3.05) is 19.1 Å². The maximum absolute atomic E-state index is 16.2. The van der Waals surface area contributed by atoms with Gasteiger partial charge in [0.2, 0.25) is 11.8 Å². The van der Waals surface area contributed by atoms with E-state index < -0.39 is 22.7 Å². The summed E-state index contributed by atoms with van der Waals surface area (Å²) in [6.45, 7) is 0. The number of fused-ring (bicyclic) bond motifs is 6. The molecule has 6 nitrogen and oxygen atoms in total. The second-order valence-corrected chi connectivity index (χ2v) is 13.3. The molecule has 0 N–H and O–H groups in total. The first-order valence-corrected chi connectivity index (χ1v) is 17.0. The van der Waals surface area contributed by atoms with Gasteiger partial charge < -0.3 is 9.47 Å². The van der Waals surface area contributed by atoms with Gasteiger partial charge in [-0.05, 0) is 69.1 Å². The number of ketones is 1. The third-order valence-corrected chi connectivity index (χ3v) is 11.2. The van der Waals surface area contributed by atoms with E-state index in [9.17, 15) is 0 Å². The Hall–Kier alpha value is -6.27. The smallest absolute Gasteiger partial charge is 0.239 e. The molecule has 6 aromatic rings. The molecule has 3 aliphatic rings. The highest BCUT2D eigenvalue weighted by Gasteiger charge is 2.82. The van der Waals surface area contributed by atoms with Gasteiger partial charge >= 0.3 is 0 Å². The van der Waals surface area contributed by atoms with Crippen LogP contribution in [-0.2, 0) is 25.2 Å². The van der Waals surface area contributed by atoms with Crippen LogP contribution < -0.4 is 14.4 Å². The minimum absolute atomic E-state index is 0.168. The summed E-state index contributed by atoms with van der Waals surface area (Å²) < 4.78 is 11.1. The number of carbonyl (C=O) groups excluding carboxylic acids is 3. The van der Waals surface area contributed by atoms with Crippen molar-refractivity contribution >= 4 is 45.2 Å². The number of ether oxygens (including phenoxy) is 2. The highest BCUT2D eigenvalue weighted by Crippen LogP contribution is 2.74. The zero-order valence-corrected chi connectivity index (χ0v) is 28.1. The number of hydrogen-bond donors (Lipinski definition) is 0. The number of benzene rings is 6. The summed E-state index contributed by atoms with van der Waals surface area (Å²) in [7, 11) is 3.23. The number of hydrogen-bond acceptors (Lipinski definition) is 5. The first-order chi connectivity index (χ1) is 25.0. The van der Waals surface area contributed by atoms with Gasteiger partial charge in [-0.2, -0.15) is 0 Å². The van der Waals surface area contributed by atoms with Crippen LogP contribution in [0.3, 0.4) is 0 Å². The molecule has 0 aromatic heterocycles. The minimum atomic E-state index is -1.50. The van der Waals surface area contributed by atoms with Crippen molar-refractivity contribution in [1.82, 2.24) is 0 Å². The molecule has 6 aromatic carbocycles. The van der Waals surface area contributed by atoms with Gasteiger partial charge in [0.15, 0.2) is 5.78 Å². The molecule has 0 spiro atoms. The summed E-state index contributed by atoms with van der Waals surface area (Å²) in [6, 6.07) is 47.8. The van der Waals surface area contributed by atoms with Crippen LogP contribution in [0, 0.1) is 11.8 Å². The van der Waals surface area contributed by atoms with Gasteiger partial charge in [-0.15, -0.1) is 0 Å². The molecule has 2 bridgehead atoms. The largest absolute Gasteiger partial charge is 0.497 e. The van der Waals surface area contributed by atoms with Crippen LogP contribution in [0.1, 0.15) is 22.3 Å². The molecule has 0 unspecified atom stereocenters. The minimum Gasteiger partial charge on any atom is -0.497 e. The van der Waals surface area contributed by atoms with Crippen LogP contribution in [0.4, 0.5) is 5.69 Å². The Kier molecular flexibility index (Phi) is 6.87. The summed E-state index contributed by atoms with van der Waals surface area (Å²) in [5.74, 6) is -1.63. The van der Waals surface area contributed by atoms with Crippen LogP contribution in [-0.4, -0.2) is 31.8 Å². The van der Waals surface area contributed by atoms with Crippen LogP contribution in [0.25, 0.3) is 21.9 Å². The molecule has 0 radical (unpaired) electrons. The van der Waals surface area contributed by atoms with Gasteiger partial charge in [0.1, 0.15) is 11.5 Å². The number of nitrogens with zero attached hydrogens (tertiary/aromatic N) is 1. The number of carbonyl (C=O) groups is 3. The first kappa shape index (κ1) is 30.8. The highest BCUT2D eigenvalue weighted by molar-refractivity contribution is 6.39. The number of imide groups is 1. The maximum Gasteiger partial charge on any atom is 0.239 e. The number of allylic oxidation sites excluding steroid dienone is 2. The molecule has 1 heterocycles. The van der Waals surface area contributed by atoms with Crippen molar-refractivity contribution < 1.29 is 23.9 Å². The fraction of sp³-hybridized carbons (Fsp3) is 0.133. The summed E-state index contributed by atoms with van der Waals surface area (Å²) >= 11 is 0. The third-order valence-electron chi connectivity index (χ3n) is 11.2. The van der Waals surface area contributed by atoms with E-state index in [1.165, 1.54) is 4.90 Å². The zero-order chi connectivity index (χ0) is 34.9. The van der Waals surface area contributed by atoms with Crippen molar-refractivity contribution in [2.45, 2.75) is 10.8 Å². The van der Waals surface area contributed by atoms with E-state index >= 15 is 14.4 Å². The molecular weight excluding hydrogens is 634 g/mol. The topological polar surface area (TPSA) is 72.9 Å². The number of methoxy groups -OCH3 is 2. The summed E-state index contributed by atoms with van der Waals surface area (Å²) in [5, 5.41) is 1.71. The van der Waals surface area contributed by atoms with E-state index in [1.807, 2.05) is 152 Å². The lowest BCUT2D eigenvalue weighted by Crippen LogP contribution is -2.45. The summed E-state index contributed by atoms with van der Waals surface area (Å²) in [6.07, 6.45) is 0. The molecule has 9 rings (SSSR count). The highest BCUT2D eigenvalue weighted by atomic mass is 16.5. The maximum atomic E-state index is 16.2. The third kappa shape index (κ3) is 3.96. The summed E-state index contributed by atoms with van der Waals surface area (Å²) in [5.41, 5.74) is 1.87. The lowest BCUT2D eigenvalue weighted by atomic mass is 9.59. The molecule has 4 atom stereocenters. The van der Waals surface area contributed by atoms with Crippen LogP contribution in [0.2, 0.25) is 0 Å². The number of Topliss-reactive ketones (excluding diaryl/α,β-unsaturated/α-hetero) is 1. The van der Waals surface area contributed by atoms with Gasteiger partial charge in [-0.1, -0.05) is 121 Å². The van der Waals surface area contributed by atoms with E-state index in [4.69, 9.17) is 9.47 Å². The zero-order valence-electron chi connectivity index (χ0n) is 28.1. The standard InChI is InChI=1S/C45H33NO5/c1-50-33-24-20-29(21-25-33)37-38(30-22-26-34(51-2)27-23-30)45(32-16-7-4-8-17-32)40-39(44(37,43(45)49)31-14-5-3-6-15-31)41(47)46(42(40)48)36-19-11-13-28-12-9-10-18-35(28)36/h3-27,39-40H,1-2H3/t39-,40-,44+,45+/m0/s1. The first-order valence-electron chi connectivity index (χ1n) is 17.0. The molecule has 1 aliphatic heterocycles. The van der Waals surface area contributed by atoms with E-state index in [2.05, 4.69) is 0 Å². The molecule has 6 heteroatoms. The van der Waals surface area contributed by atoms with Crippen molar-refractivity contribution in [3.05, 3.63) is 174 Å². The Morgan fingerprint density at radius 1 is 0.490 bits per heavy atom. The number of rotatable bonds is 7. The Labute approximate surface area is 295 Å². The summed E-state index contributed by atoms with van der Waals surface area (Å²) in [4.78, 5) is 48.4. The second-order valence-electron chi connectivity index (χ2n) is 13.3. The van der Waals surface area contributed by atoms with Gasteiger partial charge in [0, 0.05) is 5.39 Å². The molecule has 1 saturated carbocycles. The van der Waals surface area contributed by atoms with E-state index in [-0.39, 0.29) is 17.6 Å². The SMILES string of the molecule is COc1ccc(C2=C(c3ccc(OC)cc3)[C@@]3(c4ccccc4)C(=O)[C@@]2(c2ccccc2)[C@@H]2C(=O)N(c4cccc5ccccc45)C(=O)[C@H]23)cc1. The van der Waals surface area contributed by atoms with Gasteiger partial charge in [-0.3, -0.25) is 14.4 Å². The fourth-order valence-electron chi connectivity index (χ4n) is 9.28. The average molecular weight is 668 g/mol. The Morgan fingerprint density at radius 2 is 0.922 bits per heavy atom. The monoisotopic (exact) mass is 667 g/mol. The predicted molar refractivity (Wildman–Crippen MR) is 197 cm³/mol. The van der Waals surface area contributed by atoms with E-state index in [0.717, 1.165) is 33.0 Å². The van der Waals surface area contributed by atoms with Crippen molar-refractivity contribution in [3.8, 4) is 11.5 Å². The Morgan fingerprint density at radius 3 is 1.39 bits per heavy atom.